The van der Waals surface area contributed by atoms with Gasteiger partial charge >= 0.3 is 6.03 Å². The fourth-order valence-electron chi connectivity index (χ4n) is 0.715. The average Bonchev–Trinajstić information content (AvgIpc) is 2.66. The van der Waals surface area contributed by atoms with Gasteiger partial charge in [-0.1, -0.05) is 0 Å². The summed E-state index contributed by atoms with van der Waals surface area (Å²) in [7, 11) is 1.51. The smallest absolute Gasteiger partial charge is 0.327 e. The van der Waals surface area contributed by atoms with E-state index in [0.29, 0.717) is 0 Å². The van der Waals surface area contributed by atoms with E-state index in [4.69, 9.17) is 0 Å². The molecule has 1 heterocycles. The van der Waals surface area contributed by atoms with Crippen LogP contribution in [0.3, 0.4) is 0 Å². The van der Waals surface area contributed by atoms with Gasteiger partial charge < -0.3 is 10.6 Å². The van der Waals surface area contributed by atoms with Crippen LogP contribution in [-0.4, -0.2) is 35.1 Å². The first-order chi connectivity index (χ1) is 6.24. The van der Waals surface area contributed by atoms with Gasteiger partial charge in [0.05, 0.1) is 6.54 Å². The second-order valence-electron chi connectivity index (χ2n) is 2.30. The third kappa shape index (κ3) is 2.58. The van der Waals surface area contributed by atoms with Gasteiger partial charge in [0, 0.05) is 19.4 Å². The highest BCUT2D eigenvalue weighted by Crippen LogP contribution is 1.83. The van der Waals surface area contributed by atoms with Gasteiger partial charge in [-0.2, -0.15) is 0 Å². The molecular formula is C7H10N4O2. The SMILES string of the molecule is CNC(=O)CNC(=O)n1ccnc1. The first-order valence-corrected chi connectivity index (χ1v) is 3.71. The number of hydrogen-bond donors (Lipinski definition) is 2. The summed E-state index contributed by atoms with van der Waals surface area (Å²) >= 11 is 0. The zero-order valence-corrected chi connectivity index (χ0v) is 7.15. The van der Waals surface area contributed by atoms with Crippen LogP contribution in [0.4, 0.5) is 4.79 Å². The van der Waals surface area contributed by atoms with E-state index in [0.717, 1.165) is 0 Å². The molecule has 0 saturated heterocycles. The molecule has 0 aliphatic rings. The van der Waals surface area contributed by atoms with E-state index in [1.54, 1.807) is 0 Å². The second-order valence-corrected chi connectivity index (χ2v) is 2.30. The number of amides is 2. The summed E-state index contributed by atoms with van der Waals surface area (Å²) in [5.74, 6) is -0.242. The lowest BCUT2D eigenvalue weighted by Crippen LogP contribution is -2.37. The fourth-order valence-corrected chi connectivity index (χ4v) is 0.715. The number of imidazole rings is 1. The molecule has 0 aromatic carbocycles. The summed E-state index contributed by atoms with van der Waals surface area (Å²) < 4.78 is 1.25. The number of likely N-dealkylation sites (N-methyl/N-ethyl adjacent to an activating group) is 1. The molecular weight excluding hydrogens is 172 g/mol. The topological polar surface area (TPSA) is 76.0 Å². The summed E-state index contributed by atoms with van der Waals surface area (Å²) in [5.41, 5.74) is 0. The Morgan fingerprint density at radius 2 is 2.31 bits per heavy atom. The molecule has 13 heavy (non-hydrogen) atoms. The minimum Gasteiger partial charge on any atom is -0.358 e. The van der Waals surface area contributed by atoms with Crippen LogP contribution in [0.1, 0.15) is 0 Å². The molecule has 1 aromatic rings. The molecule has 1 aromatic heterocycles. The molecule has 0 saturated carbocycles. The molecule has 70 valence electrons. The number of hydrogen-bond acceptors (Lipinski definition) is 3. The molecule has 0 aliphatic carbocycles. The number of nitrogens with one attached hydrogen (secondary N) is 2. The molecule has 6 nitrogen and oxygen atoms in total. The second kappa shape index (κ2) is 4.24. The number of nitrogens with zero attached hydrogens (tertiary/aromatic N) is 2. The molecule has 0 fully saturated rings. The highest BCUT2D eigenvalue weighted by atomic mass is 16.2. The quantitative estimate of drug-likeness (QED) is 0.627. The maximum atomic E-state index is 11.2. The molecule has 6 heteroatoms. The van der Waals surface area contributed by atoms with E-state index in [1.807, 2.05) is 0 Å². The van der Waals surface area contributed by atoms with Gasteiger partial charge in [-0.05, 0) is 0 Å². The predicted octanol–water partition coefficient (Wildman–Crippen LogP) is -0.813. The lowest BCUT2D eigenvalue weighted by molar-refractivity contribution is -0.119. The Bertz CT molecular complexity index is 293. The van der Waals surface area contributed by atoms with Crippen LogP contribution in [0.2, 0.25) is 0 Å². The predicted molar refractivity (Wildman–Crippen MR) is 45.1 cm³/mol. The van der Waals surface area contributed by atoms with Crippen molar-refractivity contribution in [1.82, 2.24) is 20.2 Å². The van der Waals surface area contributed by atoms with E-state index in [2.05, 4.69) is 15.6 Å². The van der Waals surface area contributed by atoms with Gasteiger partial charge in [-0.3, -0.25) is 9.36 Å². The largest absolute Gasteiger partial charge is 0.358 e. The Hall–Kier alpha value is -1.85. The highest BCUT2D eigenvalue weighted by molar-refractivity contribution is 5.84. The number of aromatic nitrogens is 2. The molecule has 0 aliphatic heterocycles. The maximum Gasteiger partial charge on any atom is 0.327 e. The van der Waals surface area contributed by atoms with E-state index >= 15 is 0 Å². The van der Waals surface area contributed by atoms with Crippen molar-refractivity contribution in [2.24, 2.45) is 0 Å². The Labute approximate surface area is 75.0 Å². The number of carbonyl (C=O) groups excluding carboxylic acids is 2. The van der Waals surface area contributed by atoms with Gasteiger partial charge in [0.25, 0.3) is 0 Å². The first-order valence-electron chi connectivity index (χ1n) is 3.71. The summed E-state index contributed by atoms with van der Waals surface area (Å²) in [4.78, 5) is 25.6. The lowest BCUT2D eigenvalue weighted by atomic mass is 10.6. The van der Waals surface area contributed by atoms with Crippen molar-refractivity contribution in [2.45, 2.75) is 0 Å². The normalized spacial score (nSPS) is 9.31. The van der Waals surface area contributed by atoms with E-state index in [1.165, 1.54) is 30.3 Å². The number of carbonyl (C=O) groups is 2. The van der Waals surface area contributed by atoms with Crippen molar-refractivity contribution in [3.8, 4) is 0 Å². The minimum atomic E-state index is -0.374. The van der Waals surface area contributed by atoms with Crippen LogP contribution in [0, 0.1) is 0 Å². The van der Waals surface area contributed by atoms with Crippen molar-refractivity contribution in [1.29, 1.82) is 0 Å². The minimum absolute atomic E-state index is 0.0342. The van der Waals surface area contributed by atoms with E-state index in [-0.39, 0.29) is 18.5 Å². The van der Waals surface area contributed by atoms with Gasteiger partial charge in [0.1, 0.15) is 6.33 Å². The molecule has 1 rings (SSSR count). The van der Waals surface area contributed by atoms with Crippen LogP contribution in [0.5, 0.6) is 0 Å². The molecule has 2 N–H and O–H groups in total. The van der Waals surface area contributed by atoms with Crippen molar-refractivity contribution in [3.63, 3.8) is 0 Å². The van der Waals surface area contributed by atoms with Crippen molar-refractivity contribution >= 4 is 11.9 Å². The van der Waals surface area contributed by atoms with Crippen LogP contribution < -0.4 is 10.6 Å². The van der Waals surface area contributed by atoms with Crippen molar-refractivity contribution < 1.29 is 9.59 Å². The summed E-state index contributed by atoms with van der Waals surface area (Å²) in [5, 5.41) is 4.79. The Morgan fingerprint density at radius 3 is 2.85 bits per heavy atom. The molecule has 0 bridgehead atoms. The summed E-state index contributed by atoms with van der Waals surface area (Å²) in [6, 6.07) is -0.374. The van der Waals surface area contributed by atoms with Gasteiger partial charge in [-0.25, -0.2) is 9.78 Å². The lowest BCUT2D eigenvalue weighted by Gasteiger charge is -2.03. The molecule has 0 spiro atoms. The maximum absolute atomic E-state index is 11.2. The van der Waals surface area contributed by atoms with Crippen LogP contribution in [0.15, 0.2) is 18.7 Å². The first kappa shape index (κ1) is 9.24. The van der Waals surface area contributed by atoms with Gasteiger partial charge in [0.15, 0.2) is 0 Å². The Balaban J connectivity index is 2.39. The van der Waals surface area contributed by atoms with Crippen molar-refractivity contribution in [2.75, 3.05) is 13.6 Å². The highest BCUT2D eigenvalue weighted by Gasteiger charge is 2.04. The zero-order valence-electron chi connectivity index (χ0n) is 7.15. The standard InChI is InChI=1S/C7H10N4O2/c1-8-6(12)4-10-7(13)11-3-2-9-5-11/h2-3,5H,4H2,1H3,(H,8,12)(H,10,13). The Kier molecular flexibility index (Phi) is 3.02. The summed E-state index contributed by atoms with van der Waals surface area (Å²) in [6.07, 6.45) is 4.35. The van der Waals surface area contributed by atoms with Crippen LogP contribution in [0.25, 0.3) is 0 Å². The van der Waals surface area contributed by atoms with Crippen molar-refractivity contribution in [3.05, 3.63) is 18.7 Å². The summed E-state index contributed by atoms with van der Waals surface area (Å²) in [6.45, 7) is -0.0342. The third-order valence-electron chi connectivity index (χ3n) is 1.42. The molecule has 0 radical (unpaired) electrons. The Morgan fingerprint density at radius 1 is 1.54 bits per heavy atom. The third-order valence-corrected chi connectivity index (χ3v) is 1.42. The molecule has 0 atom stereocenters. The zero-order chi connectivity index (χ0) is 9.68. The van der Waals surface area contributed by atoms with E-state index < -0.39 is 0 Å². The van der Waals surface area contributed by atoms with Crippen LogP contribution in [-0.2, 0) is 4.79 Å². The van der Waals surface area contributed by atoms with Gasteiger partial charge in [0.2, 0.25) is 5.91 Å². The van der Waals surface area contributed by atoms with Gasteiger partial charge in [-0.15, -0.1) is 0 Å². The molecule has 0 unspecified atom stereocenters. The average molecular weight is 182 g/mol. The van der Waals surface area contributed by atoms with Crippen LogP contribution >= 0.6 is 0 Å². The molecule has 2 amide bonds. The fraction of sp³-hybridized carbons (Fsp3) is 0.286. The monoisotopic (exact) mass is 182 g/mol. The number of rotatable bonds is 2. The van der Waals surface area contributed by atoms with E-state index in [9.17, 15) is 9.59 Å².